The van der Waals surface area contributed by atoms with E-state index in [4.69, 9.17) is 0 Å². The van der Waals surface area contributed by atoms with Gasteiger partial charge in [0, 0.05) is 36.9 Å². The highest BCUT2D eigenvalue weighted by atomic mass is 32.2. The predicted octanol–water partition coefficient (Wildman–Crippen LogP) is 1.39. The number of nitrogens with zero attached hydrogens (tertiary/aromatic N) is 2. The van der Waals surface area contributed by atoms with Gasteiger partial charge in [-0.15, -0.1) is 0 Å². The Labute approximate surface area is 126 Å². The molecule has 0 aliphatic heterocycles. The van der Waals surface area contributed by atoms with E-state index >= 15 is 0 Å². The number of sulfonamides is 1. The molecule has 2 N–H and O–H groups in total. The van der Waals surface area contributed by atoms with Gasteiger partial charge in [-0.1, -0.05) is 0 Å². The number of nitrogens with one attached hydrogen (secondary N) is 2. The Balaban J connectivity index is 1.83. The van der Waals surface area contributed by atoms with Crippen LogP contribution in [0.1, 0.15) is 43.9 Å². The van der Waals surface area contributed by atoms with Gasteiger partial charge in [-0.25, -0.2) is 8.42 Å². The average molecular weight is 312 g/mol. The van der Waals surface area contributed by atoms with Gasteiger partial charge >= 0.3 is 0 Å². The van der Waals surface area contributed by atoms with Crippen LogP contribution in [0.3, 0.4) is 0 Å². The lowest BCUT2D eigenvalue weighted by molar-refractivity contribution is 0.355. The molecule has 3 rings (SSSR count). The van der Waals surface area contributed by atoms with Crippen molar-refractivity contribution < 1.29 is 8.42 Å². The summed E-state index contributed by atoms with van der Waals surface area (Å²) >= 11 is 0. The molecule has 0 saturated heterocycles. The van der Waals surface area contributed by atoms with E-state index in [0.717, 1.165) is 24.1 Å². The molecule has 1 aromatic heterocycles. The zero-order valence-corrected chi connectivity index (χ0v) is 13.7. The van der Waals surface area contributed by atoms with Gasteiger partial charge in [0.05, 0.1) is 0 Å². The molecule has 1 atom stereocenters. The molecule has 1 heterocycles. The Hall–Kier alpha value is -0.920. The van der Waals surface area contributed by atoms with E-state index in [1.165, 1.54) is 17.1 Å². The molecule has 118 valence electrons. The first kappa shape index (κ1) is 15.0. The van der Waals surface area contributed by atoms with Crippen LogP contribution < -0.4 is 5.32 Å². The highest BCUT2D eigenvalue weighted by molar-refractivity contribution is 7.89. The van der Waals surface area contributed by atoms with Crippen LogP contribution in [0, 0.1) is 12.8 Å². The SMILES string of the molecule is Cc1[nH]nc(S(=O)(=O)N(C)C(C)C2CC2)c1CNC1CC1. The van der Waals surface area contributed by atoms with Gasteiger partial charge in [0.15, 0.2) is 5.03 Å². The molecule has 2 saturated carbocycles. The maximum atomic E-state index is 12.8. The minimum atomic E-state index is -3.53. The van der Waals surface area contributed by atoms with E-state index in [0.29, 0.717) is 18.5 Å². The Morgan fingerprint density at radius 2 is 2.05 bits per heavy atom. The second kappa shape index (κ2) is 5.37. The molecular formula is C14H24N4O2S. The van der Waals surface area contributed by atoms with Gasteiger partial charge in [-0.3, -0.25) is 5.10 Å². The Morgan fingerprint density at radius 1 is 1.38 bits per heavy atom. The molecule has 1 unspecified atom stereocenters. The van der Waals surface area contributed by atoms with Crippen molar-refractivity contribution in [1.82, 2.24) is 19.8 Å². The highest BCUT2D eigenvalue weighted by Crippen LogP contribution is 2.36. The van der Waals surface area contributed by atoms with Gasteiger partial charge in [-0.05, 0) is 45.4 Å². The zero-order valence-electron chi connectivity index (χ0n) is 12.9. The lowest BCUT2D eigenvalue weighted by Crippen LogP contribution is -2.37. The summed E-state index contributed by atoms with van der Waals surface area (Å²) in [5.41, 5.74) is 1.60. The molecule has 0 bridgehead atoms. The van der Waals surface area contributed by atoms with Crippen molar-refractivity contribution in [3.8, 4) is 0 Å². The maximum absolute atomic E-state index is 12.8. The first-order chi connectivity index (χ1) is 9.91. The third-order valence-corrected chi connectivity index (χ3v) is 6.60. The maximum Gasteiger partial charge on any atom is 0.262 e. The van der Waals surface area contributed by atoms with Crippen molar-refractivity contribution >= 4 is 10.0 Å². The molecular weight excluding hydrogens is 288 g/mol. The van der Waals surface area contributed by atoms with E-state index in [9.17, 15) is 8.42 Å². The standard InChI is InChI=1S/C14H24N4O2S/c1-9-13(8-15-12-6-7-12)14(17-16-9)21(19,20)18(3)10(2)11-4-5-11/h10-12,15H,4-8H2,1-3H3,(H,16,17). The van der Waals surface area contributed by atoms with Crippen LogP contribution in [0.15, 0.2) is 5.03 Å². The van der Waals surface area contributed by atoms with Crippen LogP contribution >= 0.6 is 0 Å². The van der Waals surface area contributed by atoms with Gasteiger partial charge in [0.25, 0.3) is 10.0 Å². The summed E-state index contributed by atoms with van der Waals surface area (Å²) in [5.74, 6) is 0.498. The first-order valence-electron chi connectivity index (χ1n) is 7.66. The van der Waals surface area contributed by atoms with Crippen LogP contribution in [0.4, 0.5) is 0 Å². The molecule has 6 nitrogen and oxygen atoms in total. The molecule has 0 aromatic carbocycles. The average Bonchev–Trinajstić information content (AvgIpc) is 3.34. The van der Waals surface area contributed by atoms with Gasteiger partial charge in [-0.2, -0.15) is 9.40 Å². The van der Waals surface area contributed by atoms with Crippen molar-refractivity contribution in [2.24, 2.45) is 5.92 Å². The number of H-pyrrole nitrogens is 1. The van der Waals surface area contributed by atoms with Crippen molar-refractivity contribution in [1.29, 1.82) is 0 Å². The molecule has 1 aromatic rings. The number of rotatable bonds is 7. The molecule has 0 amide bonds. The van der Waals surface area contributed by atoms with Crippen molar-refractivity contribution in [3.05, 3.63) is 11.3 Å². The highest BCUT2D eigenvalue weighted by Gasteiger charge is 2.38. The normalized spacial score (nSPS) is 21.0. The summed E-state index contributed by atoms with van der Waals surface area (Å²) < 4.78 is 27.1. The summed E-state index contributed by atoms with van der Waals surface area (Å²) in [6, 6.07) is 0.578. The third kappa shape index (κ3) is 3.00. The number of hydrogen-bond acceptors (Lipinski definition) is 4. The largest absolute Gasteiger partial charge is 0.310 e. The third-order valence-electron chi connectivity index (χ3n) is 4.68. The van der Waals surface area contributed by atoms with Gasteiger partial charge in [0.2, 0.25) is 0 Å². The van der Waals surface area contributed by atoms with E-state index in [-0.39, 0.29) is 11.1 Å². The first-order valence-corrected chi connectivity index (χ1v) is 9.10. The van der Waals surface area contributed by atoms with Crippen LogP contribution in [0.2, 0.25) is 0 Å². The monoisotopic (exact) mass is 312 g/mol. The minimum Gasteiger partial charge on any atom is -0.310 e. The molecule has 21 heavy (non-hydrogen) atoms. The quantitative estimate of drug-likeness (QED) is 0.797. The second-order valence-electron chi connectivity index (χ2n) is 6.39. The summed E-state index contributed by atoms with van der Waals surface area (Å²) in [6.45, 7) is 4.42. The Kier molecular flexibility index (Phi) is 3.83. The number of hydrogen-bond donors (Lipinski definition) is 2. The van der Waals surface area contributed by atoms with Gasteiger partial charge in [0.1, 0.15) is 0 Å². The molecule has 2 aliphatic rings. The Bertz CT molecular complexity index is 617. The number of aryl methyl sites for hydroxylation is 1. The molecule has 2 fully saturated rings. The zero-order chi connectivity index (χ0) is 15.2. The number of aromatic amines is 1. The van der Waals surface area contributed by atoms with Crippen LogP contribution in [-0.4, -0.2) is 42.1 Å². The summed E-state index contributed by atoms with van der Waals surface area (Å²) in [6.07, 6.45) is 4.60. The van der Waals surface area contributed by atoms with Crippen molar-refractivity contribution in [2.75, 3.05) is 7.05 Å². The lowest BCUT2D eigenvalue weighted by atomic mass is 10.2. The fraction of sp³-hybridized carbons (Fsp3) is 0.786. The Morgan fingerprint density at radius 3 is 2.62 bits per heavy atom. The fourth-order valence-corrected chi connectivity index (χ4v) is 4.20. The molecule has 7 heteroatoms. The van der Waals surface area contributed by atoms with Crippen molar-refractivity contribution in [2.45, 2.75) is 63.2 Å². The predicted molar refractivity (Wildman–Crippen MR) is 80.3 cm³/mol. The fourth-order valence-electron chi connectivity index (χ4n) is 2.62. The van der Waals surface area contributed by atoms with Crippen LogP contribution in [0.25, 0.3) is 0 Å². The van der Waals surface area contributed by atoms with Crippen LogP contribution in [-0.2, 0) is 16.6 Å². The smallest absolute Gasteiger partial charge is 0.262 e. The van der Waals surface area contributed by atoms with E-state index < -0.39 is 10.0 Å². The lowest BCUT2D eigenvalue weighted by Gasteiger charge is -2.23. The van der Waals surface area contributed by atoms with Gasteiger partial charge < -0.3 is 5.32 Å². The summed E-state index contributed by atoms with van der Waals surface area (Å²) in [5, 5.41) is 10.5. The molecule has 0 radical (unpaired) electrons. The summed E-state index contributed by atoms with van der Waals surface area (Å²) in [7, 11) is -1.86. The number of aromatic nitrogens is 2. The minimum absolute atomic E-state index is 0.0382. The van der Waals surface area contributed by atoms with E-state index in [1.54, 1.807) is 7.05 Å². The van der Waals surface area contributed by atoms with E-state index in [1.807, 2.05) is 13.8 Å². The topological polar surface area (TPSA) is 78.1 Å². The van der Waals surface area contributed by atoms with Crippen molar-refractivity contribution in [3.63, 3.8) is 0 Å². The van der Waals surface area contributed by atoms with Crippen LogP contribution in [0.5, 0.6) is 0 Å². The summed E-state index contributed by atoms with van der Waals surface area (Å²) in [4.78, 5) is 0. The second-order valence-corrected chi connectivity index (χ2v) is 8.30. The molecule has 2 aliphatic carbocycles. The molecule has 0 spiro atoms. The van der Waals surface area contributed by atoms with E-state index in [2.05, 4.69) is 15.5 Å².